The molecule has 0 aliphatic rings. The van der Waals surface area contributed by atoms with E-state index in [9.17, 15) is 4.79 Å². The number of benzene rings is 1. The summed E-state index contributed by atoms with van der Waals surface area (Å²) in [5, 5.41) is 0. The van der Waals surface area contributed by atoms with Crippen LogP contribution < -0.4 is 5.56 Å². The summed E-state index contributed by atoms with van der Waals surface area (Å²) in [6, 6.07) is 7.64. The van der Waals surface area contributed by atoms with E-state index < -0.39 is 0 Å². The van der Waals surface area contributed by atoms with Crippen molar-refractivity contribution in [3.63, 3.8) is 0 Å². The molecule has 2 heterocycles. The molecule has 0 fully saturated rings. The molecule has 0 radical (unpaired) electrons. The first-order valence-electron chi connectivity index (χ1n) is 5.21. The Labute approximate surface area is 97.0 Å². The Bertz CT molecular complexity index is 741. The Balaban J connectivity index is 2.35. The summed E-state index contributed by atoms with van der Waals surface area (Å²) >= 11 is 0. The molecular weight excluding hydrogens is 216 g/mol. The highest BCUT2D eigenvalue weighted by molar-refractivity contribution is 5.76. The zero-order valence-corrected chi connectivity index (χ0v) is 9.24. The highest BCUT2D eigenvalue weighted by Gasteiger charge is 2.08. The summed E-state index contributed by atoms with van der Waals surface area (Å²) in [4.78, 5) is 20.3. The Morgan fingerprint density at radius 1 is 1.18 bits per heavy atom. The Kier molecular flexibility index (Phi) is 2.04. The monoisotopic (exact) mass is 226 g/mol. The molecule has 0 spiro atoms. The quantitative estimate of drug-likeness (QED) is 0.624. The summed E-state index contributed by atoms with van der Waals surface area (Å²) in [7, 11) is 1.70. The Morgan fingerprint density at radius 2 is 2.00 bits per heavy atom. The fourth-order valence-electron chi connectivity index (χ4n) is 1.78. The van der Waals surface area contributed by atoms with Gasteiger partial charge < -0.3 is 4.57 Å². The van der Waals surface area contributed by atoms with E-state index in [-0.39, 0.29) is 5.56 Å². The maximum absolute atomic E-state index is 12.0. The number of aryl methyl sites for hydroxylation is 1. The van der Waals surface area contributed by atoms with Crippen LogP contribution in [0.5, 0.6) is 0 Å². The minimum absolute atomic E-state index is 0.143. The number of aromatic nitrogens is 4. The molecule has 0 unspecified atom stereocenters. The molecule has 84 valence electrons. The van der Waals surface area contributed by atoms with E-state index in [0.29, 0.717) is 5.82 Å². The number of rotatable bonds is 1. The molecule has 5 heteroatoms. The van der Waals surface area contributed by atoms with Crippen LogP contribution in [0.1, 0.15) is 0 Å². The lowest BCUT2D eigenvalue weighted by molar-refractivity contribution is 0.813. The van der Waals surface area contributed by atoms with Crippen LogP contribution in [0.2, 0.25) is 0 Å². The molecular formula is C12H10N4O. The van der Waals surface area contributed by atoms with Crippen LogP contribution in [0.3, 0.4) is 0 Å². The highest BCUT2D eigenvalue weighted by Crippen LogP contribution is 2.13. The van der Waals surface area contributed by atoms with Gasteiger partial charge >= 0.3 is 0 Å². The van der Waals surface area contributed by atoms with E-state index in [1.54, 1.807) is 30.3 Å². The second-order valence-corrected chi connectivity index (χ2v) is 3.77. The van der Waals surface area contributed by atoms with Gasteiger partial charge in [-0.05, 0) is 12.1 Å². The van der Waals surface area contributed by atoms with Crippen LogP contribution >= 0.6 is 0 Å². The van der Waals surface area contributed by atoms with Gasteiger partial charge in [-0.2, -0.15) is 0 Å². The largest absolute Gasteiger partial charge is 0.314 e. The molecule has 3 rings (SSSR count). The lowest BCUT2D eigenvalue weighted by Gasteiger charge is -2.03. The summed E-state index contributed by atoms with van der Waals surface area (Å²) in [6.07, 6.45) is 4.85. The van der Waals surface area contributed by atoms with Gasteiger partial charge in [0, 0.05) is 19.4 Å². The summed E-state index contributed by atoms with van der Waals surface area (Å²) in [5.74, 6) is 0.365. The van der Waals surface area contributed by atoms with Crippen LogP contribution in [0.25, 0.3) is 16.9 Å². The second kappa shape index (κ2) is 3.55. The van der Waals surface area contributed by atoms with Crippen LogP contribution in [0.4, 0.5) is 0 Å². The molecule has 0 saturated heterocycles. The summed E-state index contributed by atoms with van der Waals surface area (Å²) < 4.78 is 3.20. The van der Waals surface area contributed by atoms with E-state index in [0.717, 1.165) is 11.0 Å². The molecule has 0 aliphatic carbocycles. The third-order valence-corrected chi connectivity index (χ3v) is 2.68. The fraction of sp³-hybridized carbons (Fsp3) is 0.0833. The molecule has 0 atom stereocenters. The first-order valence-corrected chi connectivity index (χ1v) is 5.21. The van der Waals surface area contributed by atoms with Crippen molar-refractivity contribution in [1.82, 2.24) is 19.1 Å². The van der Waals surface area contributed by atoms with Gasteiger partial charge in [-0.1, -0.05) is 12.1 Å². The minimum atomic E-state index is -0.143. The normalized spacial score (nSPS) is 10.9. The SMILES string of the molecule is Cn1ccnc(-n2cnc3ccccc32)c1=O. The number of hydrogen-bond donors (Lipinski definition) is 0. The molecule has 1 aromatic carbocycles. The topological polar surface area (TPSA) is 52.7 Å². The number of hydrogen-bond acceptors (Lipinski definition) is 3. The van der Waals surface area contributed by atoms with E-state index in [1.807, 2.05) is 24.3 Å². The third-order valence-electron chi connectivity index (χ3n) is 2.68. The Morgan fingerprint density at radius 3 is 2.88 bits per heavy atom. The predicted octanol–water partition coefficient (Wildman–Crippen LogP) is 1.12. The third kappa shape index (κ3) is 1.44. The van der Waals surface area contributed by atoms with Crippen molar-refractivity contribution >= 4 is 11.0 Å². The van der Waals surface area contributed by atoms with Crippen LogP contribution in [0.15, 0.2) is 47.8 Å². The maximum atomic E-state index is 12.0. The van der Waals surface area contributed by atoms with Crippen molar-refractivity contribution in [3.05, 3.63) is 53.3 Å². The number of para-hydroxylation sites is 2. The smallest absolute Gasteiger partial charge is 0.294 e. The predicted molar refractivity (Wildman–Crippen MR) is 64.1 cm³/mol. The van der Waals surface area contributed by atoms with Crippen molar-refractivity contribution in [2.75, 3.05) is 0 Å². The Hall–Kier alpha value is -2.43. The molecule has 5 nitrogen and oxygen atoms in total. The standard InChI is InChI=1S/C12H10N4O/c1-15-7-6-13-11(12(15)17)16-8-14-9-4-2-3-5-10(9)16/h2-8H,1H3. The van der Waals surface area contributed by atoms with Gasteiger partial charge in [0.25, 0.3) is 5.56 Å². The fourth-order valence-corrected chi connectivity index (χ4v) is 1.78. The van der Waals surface area contributed by atoms with Crippen molar-refractivity contribution < 1.29 is 0 Å². The van der Waals surface area contributed by atoms with Crippen molar-refractivity contribution in [3.8, 4) is 5.82 Å². The van der Waals surface area contributed by atoms with Crippen LogP contribution in [-0.4, -0.2) is 19.1 Å². The van der Waals surface area contributed by atoms with Gasteiger partial charge in [0.15, 0.2) is 0 Å². The molecule has 17 heavy (non-hydrogen) atoms. The molecule has 0 aliphatic heterocycles. The van der Waals surface area contributed by atoms with E-state index in [4.69, 9.17) is 0 Å². The molecule has 2 aromatic heterocycles. The number of fused-ring (bicyclic) bond motifs is 1. The maximum Gasteiger partial charge on any atom is 0.294 e. The highest BCUT2D eigenvalue weighted by atomic mass is 16.1. The lowest BCUT2D eigenvalue weighted by Crippen LogP contribution is -2.22. The zero-order chi connectivity index (χ0) is 11.8. The number of imidazole rings is 1. The number of nitrogens with zero attached hydrogens (tertiary/aromatic N) is 4. The second-order valence-electron chi connectivity index (χ2n) is 3.77. The van der Waals surface area contributed by atoms with Crippen molar-refractivity contribution in [1.29, 1.82) is 0 Å². The lowest BCUT2D eigenvalue weighted by atomic mass is 10.3. The molecule has 3 aromatic rings. The molecule has 0 amide bonds. The summed E-state index contributed by atoms with van der Waals surface area (Å²) in [5.41, 5.74) is 1.58. The van der Waals surface area contributed by atoms with Gasteiger partial charge in [-0.25, -0.2) is 9.97 Å². The van der Waals surface area contributed by atoms with Gasteiger partial charge in [0.1, 0.15) is 6.33 Å². The minimum Gasteiger partial charge on any atom is -0.314 e. The first kappa shape index (κ1) is 9.77. The molecule has 0 bridgehead atoms. The van der Waals surface area contributed by atoms with E-state index in [1.165, 1.54) is 4.57 Å². The van der Waals surface area contributed by atoms with Gasteiger partial charge in [-0.15, -0.1) is 0 Å². The van der Waals surface area contributed by atoms with Crippen molar-refractivity contribution in [2.45, 2.75) is 0 Å². The average Bonchev–Trinajstić information content (AvgIpc) is 2.77. The average molecular weight is 226 g/mol. The van der Waals surface area contributed by atoms with E-state index >= 15 is 0 Å². The zero-order valence-electron chi connectivity index (χ0n) is 9.24. The van der Waals surface area contributed by atoms with Crippen molar-refractivity contribution in [2.24, 2.45) is 7.05 Å². The van der Waals surface area contributed by atoms with Crippen LogP contribution in [0, 0.1) is 0 Å². The van der Waals surface area contributed by atoms with E-state index in [2.05, 4.69) is 9.97 Å². The van der Waals surface area contributed by atoms with Crippen LogP contribution in [-0.2, 0) is 7.05 Å². The van der Waals surface area contributed by atoms with Gasteiger partial charge in [0.2, 0.25) is 5.82 Å². The molecule has 0 N–H and O–H groups in total. The van der Waals surface area contributed by atoms with Gasteiger partial charge in [0.05, 0.1) is 11.0 Å². The molecule has 0 saturated carbocycles. The first-order chi connectivity index (χ1) is 8.27. The summed E-state index contributed by atoms with van der Waals surface area (Å²) in [6.45, 7) is 0. The van der Waals surface area contributed by atoms with Gasteiger partial charge in [-0.3, -0.25) is 9.36 Å².